The Hall–Kier alpha value is -2.18. The van der Waals surface area contributed by atoms with E-state index in [1.165, 1.54) is 18.4 Å². The van der Waals surface area contributed by atoms with Crippen LogP contribution in [0, 0.1) is 0 Å². The van der Waals surface area contributed by atoms with Crippen molar-refractivity contribution in [2.75, 3.05) is 6.54 Å². The van der Waals surface area contributed by atoms with Gasteiger partial charge in [-0.3, -0.25) is 9.58 Å². The van der Waals surface area contributed by atoms with E-state index in [1.54, 1.807) is 10.9 Å². The number of hydrogen-bond donors (Lipinski definition) is 0. The molecular weight excluding hydrogens is 350 g/mol. The number of aryl methyl sites for hydroxylation is 1. The average Bonchev–Trinajstić information content (AvgIpc) is 3.39. The number of nitrogens with zero attached hydrogens (tertiary/aromatic N) is 5. The lowest BCUT2D eigenvalue weighted by Crippen LogP contribution is -2.27. The number of hydrogen-bond acceptors (Lipinski definition) is 5. The summed E-state index contributed by atoms with van der Waals surface area (Å²) in [5.74, 6) is 1.46. The number of fused-ring (bicyclic) bond motifs is 1. The summed E-state index contributed by atoms with van der Waals surface area (Å²) in [6.07, 6.45) is 5.16. The molecule has 0 radical (unpaired) electrons. The molecule has 0 spiro atoms. The summed E-state index contributed by atoms with van der Waals surface area (Å²) in [5, 5.41) is 9.15. The highest BCUT2D eigenvalue weighted by atomic mass is 35.5. The quantitative estimate of drug-likeness (QED) is 0.702. The third kappa shape index (κ3) is 2.56. The molecule has 2 fully saturated rings. The third-order valence-corrected chi connectivity index (χ3v) is 5.91. The summed E-state index contributed by atoms with van der Waals surface area (Å²) in [4.78, 5) is 7.28. The van der Waals surface area contributed by atoms with E-state index in [-0.39, 0.29) is 5.92 Å². The first-order valence-corrected chi connectivity index (χ1v) is 9.42. The maximum Gasteiger partial charge on any atom is 0.279 e. The lowest BCUT2D eigenvalue weighted by molar-refractivity contribution is 0.243. The third-order valence-electron chi connectivity index (χ3n) is 5.63. The molecule has 1 aromatic carbocycles. The second-order valence-corrected chi connectivity index (χ2v) is 7.58. The Balaban J connectivity index is 1.46. The zero-order valence-electron chi connectivity index (χ0n) is 14.5. The SMILES string of the molecule is Cn1cc(Cl)c(-c2nc([C@@H]3C[C@H](c4ccccc4)N4CCC[C@@H]34)no2)n1. The molecule has 7 heteroatoms. The predicted octanol–water partition coefficient (Wildman–Crippen LogP) is 3.82. The highest BCUT2D eigenvalue weighted by Crippen LogP contribution is 2.48. The first kappa shape index (κ1) is 16.0. The molecule has 0 unspecified atom stereocenters. The van der Waals surface area contributed by atoms with Gasteiger partial charge in [-0.1, -0.05) is 47.1 Å². The molecule has 4 heterocycles. The lowest BCUT2D eigenvalue weighted by Gasteiger charge is -2.24. The fourth-order valence-corrected chi connectivity index (χ4v) is 4.79. The van der Waals surface area contributed by atoms with Crippen LogP contribution >= 0.6 is 11.6 Å². The molecular formula is C19H20ClN5O. The molecule has 134 valence electrons. The van der Waals surface area contributed by atoms with Crippen LogP contribution in [0.3, 0.4) is 0 Å². The molecule has 2 aliphatic rings. The van der Waals surface area contributed by atoms with Gasteiger partial charge in [-0.15, -0.1) is 0 Å². The summed E-state index contributed by atoms with van der Waals surface area (Å²) in [6.45, 7) is 1.14. The van der Waals surface area contributed by atoms with Gasteiger partial charge >= 0.3 is 0 Å². The van der Waals surface area contributed by atoms with Crippen molar-refractivity contribution < 1.29 is 4.52 Å². The zero-order chi connectivity index (χ0) is 17.7. The van der Waals surface area contributed by atoms with Gasteiger partial charge in [0.2, 0.25) is 0 Å². The summed E-state index contributed by atoms with van der Waals surface area (Å²) >= 11 is 6.22. The van der Waals surface area contributed by atoms with Crippen LogP contribution in [0.15, 0.2) is 41.1 Å². The Morgan fingerprint density at radius 2 is 2.08 bits per heavy atom. The van der Waals surface area contributed by atoms with E-state index in [2.05, 4.69) is 50.5 Å². The van der Waals surface area contributed by atoms with Gasteiger partial charge in [-0.2, -0.15) is 10.1 Å². The molecule has 3 aromatic rings. The fourth-order valence-electron chi connectivity index (χ4n) is 4.53. The van der Waals surface area contributed by atoms with Crippen LogP contribution in [0.2, 0.25) is 5.02 Å². The van der Waals surface area contributed by atoms with Gasteiger partial charge in [0.1, 0.15) is 0 Å². The molecule has 2 aliphatic heterocycles. The van der Waals surface area contributed by atoms with Crippen molar-refractivity contribution in [3.05, 3.63) is 52.9 Å². The molecule has 0 amide bonds. The van der Waals surface area contributed by atoms with Crippen LogP contribution in [0.4, 0.5) is 0 Å². The van der Waals surface area contributed by atoms with Gasteiger partial charge in [-0.25, -0.2) is 0 Å². The molecule has 6 nitrogen and oxygen atoms in total. The Kier molecular flexibility index (Phi) is 3.83. The van der Waals surface area contributed by atoms with E-state index in [1.807, 2.05) is 7.05 Å². The van der Waals surface area contributed by atoms with Gasteiger partial charge in [0, 0.05) is 31.2 Å². The van der Waals surface area contributed by atoms with E-state index in [9.17, 15) is 0 Å². The largest absolute Gasteiger partial charge is 0.332 e. The Morgan fingerprint density at radius 1 is 1.23 bits per heavy atom. The highest BCUT2D eigenvalue weighted by Gasteiger charge is 2.46. The lowest BCUT2D eigenvalue weighted by atomic mass is 9.94. The summed E-state index contributed by atoms with van der Waals surface area (Å²) in [5.41, 5.74) is 1.92. The van der Waals surface area contributed by atoms with Crippen molar-refractivity contribution in [2.45, 2.75) is 37.3 Å². The first-order valence-electron chi connectivity index (χ1n) is 9.04. The van der Waals surface area contributed by atoms with Crippen molar-refractivity contribution in [3.8, 4) is 11.6 Å². The van der Waals surface area contributed by atoms with Crippen LogP contribution < -0.4 is 0 Å². The van der Waals surface area contributed by atoms with Crippen LogP contribution in [-0.2, 0) is 7.05 Å². The summed E-state index contributed by atoms with van der Waals surface area (Å²) in [6, 6.07) is 11.6. The molecule has 0 N–H and O–H groups in total. The van der Waals surface area contributed by atoms with Gasteiger partial charge in [-0.05, 0) is 31.4 Å². The standard InChI is InChI=1S/C19H20ClN5O/c1-24-11-14(20)17(22-24)19-21-18(23-26-19)13-10-16(12-6-3-2-4-7-12)25-9-5-8-15(13)25/h2-4,6-7,11,13,15-16H,5,8-10H2,1H3/t13-,15+,16-/m1/s1. The highest BCUT2D eigenvalue weighted by molar-refractivity contribution is 6.32. The van der Waals surface area contributed by atoms with E-state index in [0.717, 1.165) is 18.8 Å². The Bertz CT molecular complexity index is 921. The minimum absolute atomic E-state index is 0.280. The predicted molar refractivity (Wildman–Crippen MR) is 97.8 cm³/mol. The average molecular weight is 370 g/mol. The second-order valence-electron chi connectivity index (χ2n) is 7.17. The topological polar surface area (TPSA) is 60.0 Å². The Labute approximate surface area is 156 Å². The van der Waals surface area contributed by atoms with Crippen LogP contribution in [0.5, 0.6) is 0 Å². The van der Waals surface area contributed by atoms with Gasteiger partial charge < -0.3 is 4.52 Å². The van der Waals surface area contributed by atoms with Gasteiger partial charge in [0.05, 0.1) is 5.02 Å². The van der Waals surface area contributed by atoms with Crippen molar-refractivity contribution >= 4 is 11.6 Å². The van der Waals surface area contributed by atoms with Crippen LogP contribution in [-0.4, -0.2) is 37.4 Å². The molecule has 3 atom stereocenters. The normalized spacial score (nSPS) is 25.7. The monoisotopic (exact) mass is 369 g/mol. The number of aromatic nitrogens is 4. The second kappa shape index (κ2) is 6.21. The molecule has 26 heavy (non-hydrogen) atoms. The number of benzene rings is 1. The van der Waals surface area contributed by atoms with E-state index < -0.39 is 0 Å². The molecule has 0 bridgehead atoms. The van der Waals surface area contributed by atoms with Crippen molar-refractivity contribution in [1.82, 2.24) is 24.8 Å². The molecule has 2 saturated heterocycles. The smallest absolute Gasteiger partial charge is 0.279 e. The molecule has 0 aliphatic carbocycles. The van der Waals surface area contributed by atoms with E-state index in [4.69, 9.17) is 16.1 Å². The van der Waals surface area contributed by atoms with Gasteiger partial charge in [0.25, 0.3) is 5.89 Å². The maximum absolute atomic E-state index is 6.22. The van der Waals surface area contributed by atoms with Crippen LogP contribution in [0.1, 0.15) is 42.6 Å². The number of rotatable bonds is 3. The van der Waals surface area contributed by atoms with Crippen LogP contribution in [0.25, 0.3) is 11.6 Å². The first-order chi connectivity index (χ1) is 12.7. The number of halogens is 1. The zero-order valence-corrected chi connectivity index (χ0v) is 15.3. The fraction of sp³-hybridized carbons (Fsp3) is 0.421. The van der Waals surface area contributed by atoms with Crippen molar-refractivity contribution in [1.29, 1.82) is 0 Å². The summed E-state index contributed by atoms with van der Waals surface area (Å²) < 4.78 is 7.16. The molecule has 5 rings (SSSR count). The van der Waals surface area contributed by atoms with Crippen molar-refractivity contribution in [3.63, 3.8) is 0 Å². The van der Waals surface area contributed by atoms with E-state index in [0.29, 0.717) is 28.7 Å². The van der Waals surface area contributed by atoms with E-state index >= 15 is 0 Å². The van der Waals surface area contributed by atoms with Gasteiger partial charge in [0.15, 0.2) is 11.5 Å². The maximum atomic E-state index is 6.22. The Morgan fingerprint density at radius 3 is 2.85 bits per heavy atom. The summed E-state index contributed by atoms with van der Waals surface area (Å²) in [7, 11) is 1.82. The molecule has 2 aromatic heterocycles. The minimum atomic E-state index is 0.280. The van der Waals surface area contributed by atoms with Crippen molar-refractivity contribution in [2.24, 2.45) is 7.05 Å². The minimum Gasteiger partial charge on any atom is -0.332 e. The molecule has 0 saturated carbocycles.